The standard InChI is InChI=1S/C11H11Cl2N3O2S/c12-3-4-15-5-6-16-10-7-8(13)1-2-9(10)14-11(16)19(15,17)18/h1-2,7H,3-6H2. The number of hydrogen-bond donors (Lipinski definition) is 0. The van der Waals surface area contributed by atoms with Gasteiger partial charge in [-0.2, -0.15) is 4.31 Å². The molecule has 19 heavy (non-hydrogen) atoms. The van der Waals surface area contributed by atoms with Crippen LogP contribution in [0.3, 0.4) is 0 Å². The molecule has 1 aliphatic heterocycles. The van der Waals surface area contributed by atoms with Gasteiger partial charge in [0.1, 0.15) is 0 Å². The lowest BCUT2D eigenvalue weighted by Gasteiger charge is -2.26. The Morgan fingerprint density at radius 1 is 1.32 bits per heavy atom. The molecule has 3 rings (SSSR count). The number of benzene rings is 1. The third-order valence-corrected chi connectivity index (χ3v) is 5.38. The molecule has 0 bridgehead atoms. The highest BCUT2D eigenvalue weighted by Gasteiger charge is 2.34. The predicted molar refractivity (Wildman–Crippen MR) is 74.2 cm³/mol. The van der Waals surface area contributed by atoms with Crippen molar-refractivity contribution in [3.63, 3.8) is 0 Å². The third-order valence-electron chi connectivity index (χ3n) is 3.15. The molecule has 0 N–H and O–H groups in total. The van der Waals surface area contributed by atoms with Crippen molar-refractivity contribution >= 4 is 44.3 Å². The van der Waals surface area contributed by atoms with E-state index < -0.39 is 10.0 Å². The van der Waals surface area contributed by atoms with Gasteiger partial charge in [-0.15, -0.1) is 11.6 Å². The molecule has 0 saturated carbocycles. The molecule has 1 aromatic carbocycles. The van der Waals surface area contributed by atoms with Gasteiger partial charge in [-0.1, -0.05) is 11.6 Å². The highest BCUT2D eigenvalue weighted by molar-refractivity contribution is 7.89. The van der Waals surface area contributed by atoms with Gasteiger partial charge in [0.15, 0.2) is 0 Å². The average Bonchev–Trinajstić information content (AvgIpc) is 2.72. The molecule has 0 fully saturated rings. The maximum Gasteiger partial charge on any atom is 0.277 e. The monoisotopic (exact) mass is 319 g/mol. The Labute approximate surface area is 120 Å². The van der Waals surface area contributed by atoms with Crippen LogP contribution in [0.2, 0.25) is 5.02 Å². The number of aromatic nitrogens is 2. The smallest absolute Gasteiger partial charge is 0.277 e. The zero-order valence-corrected chi connectivity index (χ0v) is 12.2. The molecule has 8 heteroatoms. The summed E-state index contributed by atoms with van der Waals surface area (Å²) in [4.78, 5) is 4.21. The van der Waals surface area contributed by atoms with E-state index in [4.69, 9.17) is 23.2 Å². The van der Waals surface area contributed by atoms with E-state index in [9.17, 15) is 8.42 Å². The maximum atomic E-state index is 12.4. The molecule has 0 aliphatic carbocycles. The molecule has 5 nitrogen and oxygen atoms in total. The van der Waals surface area contributed by atoms with Crippen LogP contribution in [0.4, 0.5) is 0 Å². The summed E-state index contributed by atoms with van der Waals surface area (Å²) in [7, 11) is -3.56. The minimum atomic E-state index is -3.56. The van der Waals surface area contributed by atoms with Crippen molar-refractivity contribution in [2.45, 2.75) is 11.7 Å². The summed E-state index contributed by atoms with van der Waals surface area (Å²) in [6.07, 6.45) is 0. The van der Waals surface area contributed by atoms with Gasteiger partial charge >= 0.3 is 0 Å². The Balaban J connectivity index is 2.22. The van der Waals surface area contributed by atoms with E-state index in [0.29, 0.717) is 30.2 Å². The highest BCUT2D eigenvalue weighted by atomic mass is 35.5. The summed E-state index contributed by atoms with van der Waals surface area (Å²) < 4.78 is 27.9. The summed E-state index contributed by atoms with van der Waals surface area (Å²) in [5.41, 5.74) is 1.38. The highest BCUT2D eigenvalue weighted by Crippen LogP contribution is 2.27. The molecule has 0 amide bonds. The largest absolute Gasteiger partial charge is 0.312 e. The van der Waals surface area contributed by atoms with E-state index in [1.807, 2.05) is 0 Å². The van der Waals surface area contributed by atoms with E-state index in [1.165, 1.54) is 4.31 Å². The number of fused-ring (bicyclic) bond motifs is 3. The second kappa shape index (κ2) is 4.63. The van der Waals surface area contributed by atoms with Gasteiger partial charge in [0.05, 0.1) is 11.0 Å². The Bertz CT molecular complexity index is 742. The third kappa shape index (κ3) is 2.03. The molecule has 0 unspecified atom stereocenters. The van der Waals surface area contributed by atoms with E-state index >= 15 is 0 Å². The molecule has 1 aliphatic rings. The molecule has 102 valence electrons. The summed E-state index contributed by atoms with van der Waals surface area (Å²) in [6, 6.07) is 5.16. The van der Waals surface area contributed by atoms with Crippen molar-refractivity contribution in [1.82, 2.24) is 13.9 Å². The van der Waals surface area contributed by atoms with Crippen LogP contribution < -0.4 is 0 Å². The van der Waals surface area contributed by atoms with E-state index in [2.05, 4.69) is 4.98 Å². The Hall–Kier alpha value is -0.820. The molecule has 0 atom stereocenters. The van der Waals surface area contributed by atoms with Crippen molar-refractivity contribution in [1.29, 1.82) is 0 Å². The van der Waals surface area contributed by atoms with Gasteiger partial charge in [0.25, 0.3) is 10.0 Å². The number of nitrogens with zero attached hydrogens (tertiary/aromatic N) is 3. The first-order valence-corrected chi connectivity index (χ1v) is 8.11. The van der Waals surface area contributed by atoms with E-state index in [0.717, 1.165) is 5.52 Å². The second-order valence-electron chi connectivity index (χ2n) is 4.27. The molecule has 0 saturated heterocycles. The van der Waals surface area contributed by atoms with Gasteiger partial charge in [0, 0.05) is 30.5 Å². The van der Waals surface area contributed by atoms with Crippen molar-refractivity contribution in [2.24, 2.45) is 0 Å². The Morgan fingerprint density at radius 3 is 2.84 bits per heavy atom. The maximum absolute atomic E-state index is 12.4. The van der Waals surface area contributed by atoms with Gasteiger partial charge < -0.3 is 4.57 Å². The fourth-order valence-electron chi connectivity index (χ4n) is 2.26. The number of hydrogen-bond acceptors (Lipinski definition) is 3. The Morgan fingerprint density at radius 2 is 2.11 bits per heavy atom. The van der Waals surface area contributed by atoms with E-state index in [-0.39, 0.29) is 11.0 Å². The molecule has 2 aromatic rings. The van der Waals surface area contributed by atoms with Gasteiger partial charge in [-0.05, 0) is 18.2 Å². The molecule has 0 spiro atoms. The van der Waals surface area contributed by atoms with Crippen LogP contribution in [0.1, 0.15) is 0 Å². The van der Waals surface area contributed by atoms with Gasteiger partial charge in [-0.3, -0.25) is 0 Å². The summed E-state index contributed by atoms with van der Waals surface area (Å²) in [5.74, 6) is 0.269. The van der Waals surface area contributed by atoms with Crippen molar-refractivity contribution in [2.75, 3.05) is 19.0 Å². The Kier molecular flexibility index (Phi) is 3.21. The lowest BCUT2D eigenvalue weighted by molar-refractivity contribution is 0.370. The van der Waals surface area contributed by atoms with Crippen molar-refractivity contribution in [3.8, 4) is 0 Å². The lowest BCUT2D eigenvalue weighted by atomic mass is 10.3. The number of alkyl halides is 1. The first-order chi connectivity index (χ1) is 9.04. The van der Waals surface area contributed by atoms with Gasteiger partial charge in [0.2, 0.25) is 5.16 Å². The quantitative estimate of drug-likeness (QED) is 0.795. The second-order valence-corrected chi connectivity index (χ2v) is 6.92. The number of halogens is 2. The molecule has 2 heterocycles. The number of rotatable bonds is 2. The molecular formula is C11H11Cl2N3O2S. The fraction of sp³-hybridized carbons (Fsp3) is 0.364. The van der Waals surface area contributed by atoms with Crippen LogP contribution in [0.15, 0.2) is 23.4 Å². The van der Waals surface area contributed by atoms with Crippen LogP contribution in [0.5, 0.6) is 0 Å². The minimum Gasteiger partial charge on any atom is -0.312 e. The summed E-state index contributed by atoms with van der Waals surface area (Å²) in [5, 5.41) is 0.636. The predicted octanol–water partition coefficient (Wildman–Crippen LogP) is 1.93. The fourth-order valence-corrected chi connectivity index (χ4v) is 4.30. The normalized spacial score (nSPS) is 18.6. The van der Waals surface area contributed by atoms with Crippen LogP contribution in [-0.2, 0) is 16.6 Å². The van der Waals surface area contributed by atoms with Crippen LogP contribution in [-0.4, -0.2) is 41.2 Å². The first-order valence-electron chi connectivity index (χ1n) is 5.76. The van der Waals surface area contributed by atoms with Crippen molar-refractivity contribution in [3.05, 3.63) is 23.2 Å². The SMILES string of the molecule is O=S1(=O)c2nc3ccc(Cl)cc3n2CCN1CCCl. The minimum absolute atomic E-state index is 0.0705. The number of sulfonamides is 1. The topological polar surface area (TPSA) is 55.2 Å². The molecule has 0 radical (unpaired) electrons. The van der Waals surface area contributed by atoms with Gasteiger partial charge in [-0.25, -0.2) is 13.4 Å². The average molecular weight is 320 g/mol. The number of imidazole rings is 1. The summed E-state index contributed by atoms with van der Waals surface area (Å²) in [6.45, 7) is 1.26. The van der Waals surface area contributed by atoms with Crippen LogP contribution in [0, 0.1) is 0 Å². The zero-order chi connectivity index (χ0) is 13.6. The lowest BCUT2D eigenvalue weighted by Crippen LogP contribution is -2.41. The first kappa shape index (κ1) is 13.2. The summed E-state index contributed by atoms with van der Waals surface area (Å²) >= 11 is 11.6. The van der Waals surface area contributed by atoms with E-state index in [1.54, 1.807) is 22.8 Å². The molecular weight excluding hydrogens is 309 g/mol. The zero-order valence-electron chi connectivity index (χ0n) is 9.88. The van der Waals surface area contributed by atoms with Crippen LogP contribution >= 0.6 is 23.2 Å². The van der Waals surface area contributed by atoms with Crippen LogP contribution in [0.25, 0.3) is 11.0 Å². The molecule has 1 aromatic heterocycles. The van der Waals surface area contributed by atoms with Crippen molar-refractivity contribution < 1.29 is 8.42 Å².